The van der Waals surface area contributed by atoms with Gasteiger partial charge in [0.1, 0.15) is 11.5 Å². The third-order valence-corrected chi connectivity index (χ3v) is 9.14. The fourth-order valence-corrected chi connectivity index (χ4v) is 6.43. The number of allylic oxidation sites excluding steroid dienone is 1. The van der Waals surface area contributed by atoms with E-state index in [9.17, 15) is 18.0 Å². The molecule has 226 valence electrons. The molecule has 1 aliphatic heterocycles. The number of anilines is 1. The second kappa shape index (κ2) is 12.9. The molecule has 2 heterocycles. The fraction of sp³-hybridized carbons (Fsp3) is 0.200. The normalized spacial score (nSPS) is 14.6. The minimum Gasteiger partial charge on any atom is -0.462 e. The quantitative estimate of drug-likeness (QED) is 0.149. The van der Waals surface area contributed by atoms with Crippen molar-refractivity contribution in [3.05, 3.63) is 136 Å². The number of carbonyl (C=O) groups excluding carboxylic acids is 2. The number of esters is 1. The van der Waals surface area contributed by atoms with Crippen molar-refractivity contribution in [2.24, 2.45) is 0 Å². The number of furan rings is 1. The Hall–Kier alpha value is -4.73. The number of hydrogen-bond donors (Lipinski definition) is 0. The van der Waals surface area contributed by atoms with Gasteiger partial charge in [0.05, 0.1) is 29.2 Å². The highest BCUT2D eigenvalue weighted by Crippen LogP contribution is 2.36. The van der Waals surface area contributed by atoms with Gasteiger partial charge in [-0.2, -0.15) is 4.31 Å². The minimum absolute atomic E-state index is 0.0443. The van der Waals surface area contributed by atoms with Crippen LogP contribution in [0.4, 0.5) is 5.69 Å². The Morgan fingerprint density at radius 3 is 2.14 bits per heavy atom. The molecule has 0 fully saturated rings. The molecule has 0 bridgehead atoms. The van der Waals surface area contributed by atoms with Crippen LogP contribution in [-0.4, -0.2) is 31.2 Å². The molecule has 0 saturated carbocycles. The number of sulfonamides is 1. The molecule has 0 N–H and O–H groups in total. The highest BCUT2D eigenvalue weighted by molar-refractivity contribution is 7.89. The van der Waals surface area contributed by atoms with E-state index in [4.69, 9.17) is 9.15 Å². The van der Waals surface area contributed by atoms with Crippen LogP contribution in [-0.2, 0) is 37.4 Å². The van der Waals surface area contributed by atoms with Crippen LogP contribution in [0.5, 0.6) is 0 Å². The van der Waals surface area contributed by atoms with E-state index >= 15 is 0 Å². The van der Waals surface area contributed by atoms with Crippen molar-refractivity contribution < 1.29 is 27.2 Å². The van der Waals surface area contributed by atoms with Gasteiger partial charge in [0.15, 0.2) is 0 Å². The highest BCUT2D eigenvalue weighted by Gasteiger charge is 2.38. The van der Waals surface area contributed by atoms with E-state index < -0.39 is 16.0 Å². The molecule has 44 heavy (non-hydrogen) atoms. The van der Waals surface area contributed by atoms with E-state index in [0.29, 0.717) is 22.9 Å². The molecule has 0 radical (unpaired) electrons. The van der Waals surface area contributed by atoms with Gasteiger partial charge in [0.2, 0.25) is 10.0 Å². The molecule has 3 aromatic carbocycles. The maximum absolute atomic E-state index is 13.8. The summed E-state index contributed by atoms with van der Waals surface area (Å²) in [6.45, 7) is 7.50. The molecule has 0 spiro atoms. The molecule has 8 nitrogen and oxygen atoms in total. The van der Waals surface area contributed by atoms with E-state index in [1.807, 2.05) is 68.4 Å². The van der Waals surface area contributed by atoms with Crippen LogP contribution in [0.2, 0.25) is 0 Å². The molecule has 9 heteroatoms. The Morgan fingerprint density at radius 1 is 0.864 bits per heavy atom. The van der Waals surface area contributed by atoms with Gasteiger partial charge in [0.25, 0.3) is 5.91 Å². The largest absolute Gasteiger partial charge is 0.462 e. The summed E-state index contributed by atoms with van der Waals surface area (Å²) in [5.74, 6) is -0.317. The third kappa shape index (κ3) is 6.44. The van der Waals surface area contributed by atoms with Gasteiger partial charge in [0, 0.05) is 17.9 Å². The topological polar surface area (TPSA) is 97.1 Å². The maximum atomic E-state index is 13.8. The molecule has 1 amide bonds. The van der Waals surface area contributed by atoms with Gasteiger partial charge in [-0.25, -0.2) is 13.2 Å². The second-order valence-electron chi connectivity index (χ2n) is 10.6. The summed E-state index contributed by atoms with van der Waals surface area (Å²) < 4.78 is 40.2. The lowest BCUT2D eigenvalue weighted by molar-refractivity contribution is -0.138. The Kier molecular flexibility index (Phi) is 8.98. The van der Waals surface area contributed by atoms with E-state index in [1.54, 1.807) is 50.2 Å². The lowest BCUT2D eigenvalue weighted by atomic mass is 10.1. The molecule has 4 aromatic rings. The highest BCUT2D eigenvalue weighted by atomic mass is 32.2. The Bertz CT molecular complexity index is 1840. The van der Waals surface area contributed by atoms with Gasteiger partial charge >= 0.3 is 5.97 Å². The summed E-state index contributed by atoms with van der Waals surface area (Å²) in [5.41, 5.74) is 4.19. The van der Waals surface area contributed by atoms with Crippen molar-refractivity contribution in [3.8, 4) is 0 Å². The molecule has 1 aliphatic rings. The average Bonchev–Trinajstić information content (AvgIpc) is 3.55. The monoisotopic (exact) mass is 610 g/mol. The zero-order chi connectivity index (χ0) is 31.4. The SMILES string of the molecule is CCOC(=O)C1=C(C)N(c2ccc(C)cc2)C(=O)/C1=C/c1ccc(CN(Cc2ccccc2)S(=O)(=O)c2ccc(C)cc2)o1. The summed E-state index contributed by atoms with van der Waals surface area (Å²) >= 11 is 0. The van der Waals surface area contributed by atoms with Crippen molar-refractivity contribution in [1.82, 2.24) is 4.31 Å². The van der Waals surface area contributed by atoms with Crippen molar-refractivity contribution in [3.63, 3.8) is 0 Å². The predicted octanol–water partition coefficient (Wildman–Crippen LogP) is 6.55. The van der Waals surface area contributed by atoms with Crippen LogP contribution in [0.3, 0.4) is 0 Å². The van der Waals surface area contributed by atoms with Crippen molar-refractivity contribution in [2.75, 3.05) is 11.5 Å². The number of rotatable bonds is 10. The first kappa shape index (κ1) is 30.7. The molecule has 1 aromatic heterocycles. The lowest BCUT2D eigenvalue weighted by Crippen LogP contribution is -2.30. The van der Waals surface area contributed by atoms with Crippen molar-refractivity contribution >= 4 is 33.7 Å². The molecule has 0 atom stereocenters. The number of amides is 1. The molecule has 5 rings (SSSR count). The predicted molar refractivity (Wildman–Crippen MR) is 169 cm³/mol. The minimum atomic E-state index is -3.88. The smallest absolute Gasteiger partial charge is 0.340 e. The third-order valence-electron chi connectivity index (χ3n) is 7.33. The van der Waals surface area contributed by atoms with E-state index in [1.165, 1.54) is 15.3 Å². The Balaban J connectivity index is 1.48. The van der Waals surface area contributed by atoms with Crippen LogP contribution in [0.15, 0.2) is 117 Å². The van der Waals surface area contributed by atoms with Crippen LogP contribution < -0.4 is 4.90 Å². The van der Waals surface area contributed by atoms with Crippen molar-refractivity contribution in [1.29, 1.82) is 0 Å². The number of carbonyl (C=O) groups is 2. The van der Waals surface area contributed by atoms with E-state index in [0.717, 1.165) is 16.7 Å². The summed E-state index contributed by atoms with van der Waals surface area (Å²) in [4.78, 5) is 28.4. The Morgan fingerprint density at radius 2 is 1.50 bits per heavy atom. The first-order valence-electron chi connectivity index (χ1n) is 14.3. The summed E-state index contributed by atoms with van der Waals surface area (Å²) in [6, 6.07) is 26.8. The summed E-state index contributed by atoms with van der Waals surface area (Å²) in [6.07, 6.45) is 1.51. The zero-order valence-corrected chi connectivity index (χ0v) is 25.9. The zero-order valence-electron chi connectivity index (χ0n) is 25.1. The lowest BCUT2D eigenvalue weighted by Gasteiger charge is -2.21. The number of hydrogen-bond acceptors (Lipinski definition) is 6. The number of nitrogens with zero attached hydrogens (tertiary/aromatic N) is 2. The fourth-order valence-electron chi connectivity index (χ4n) is 5.03. The van der Waals surface area contributed by atoms with Gasteiger partial charge in [-0.15, -0.1) is 0 Å². The van der Waals surface area contributed by atoms with Gasteiger partial charge < -0.3 is 9.15 Å². The number of aryl methyl sites for hydroxylation is 2. The van der Waals surface area contributed by atoms with Crippen LogP contribution >= 0.6 is 0 Å². The number of benzene rings is 3. The molecule has 0 aliphatic carbocycles. The molecule has 0 saturated heterocycles. The maximum Gasteiger partial charge on any atom is 0.340 e. The van der Waals surface area contributed by atoms with Gasteiger partial charge in [-0.3, -0.25) is 9.69 Å². The van der Waals surface area contributed by atoms with Gasteiger partial charge in [-0.05, 0) is 75.7 Å². The van der Waals surface area contributed by atoms with E-state index in [2.05, 4.69) is 0 Å². The van der Waals surface area contributed by atoms with Crippen molar-refractivity contribution in [2.45, 2.75) is 45.7 Å². The standard InChI is InChI=1S/C35H34N2O6S/c1-5-42-35(39)33-26(4)37(28-15-11-24(2)12-16-28)34(38)32(33)21-29-17-18-30(43-29)23-36(22-27-9-7-6-8-10-27)44(40,41)31-19-13-25(3)14-20-31/h6-21H,5,22-23H2,1-4H3/b32-21+. The summed E-state index contributed by atoms with van der Waals surface area (Å²) in [7, 11) is -3.88. The van der Waals surface area contributed by atoms with Crippen LogP contribution in [0, 0.1) is 13.8 Å². The Labute approximate surface area is 257 Å². The first-order valence-corrected chi connectivity index (χ1v) is 15.7. The molecule has 0 unspecified atom stereocenters. The molecular formula is C35H34N2O6S. The van der Waals surface area contributed by atoms with E-state index in [-0.39, 0.29) is 41.6 Å². The second-order valence-corrected chi connectivity index (χ2v) is 12.5. The van der Waals surface area contributed by atoms with Crippen LogP contribution in [0.1, 0.15) is 42.1 Å². The van der Waals surface area contributed by atoms with Crippen LogP contribution in [0.25, 0.3) is 6.08 Å². The van der Waals surface area contributed by atoms with Gasteiger partial charge in [-0.1, -0.05) is 65.7 Å². The first-order chi connectivity index (χ1) is 21.1. The summed E-state index contributed by atoms with van der Waals surface area (Å²) in [5, 5.41) is 0. The molecular weight excluding hydrogens is 576 g/mol. The average molecular weight is 611 g/mol. The number of ether oxygens (including phenoxy) is 1.